The van der Waals surface area contributed by atoms with Gasteiger partial charge in [0.1, 0.15) is 0 Å². The van der Waals surface area contributed by atoms with Crippen molar-refractivity contribution in [2.75, 3.05) is 0 Å². The van der Waals surface area contributed by atoms with E-state index < -0.39 is 0 Å². The standard InChI is InChI=1S/C34H20S2/c1-2-10-21(11-3-1)31-23-12-4-6-14-25(23)32(26-15-7-5-13-24(26)31)22-18-19-28-30(20-22)36-34-33(28)27-16-8-9-17-29(27)35-34/h1-20H. The van der Waals surface area contributed by atoms with E-state index in [0.717, 1.165) is 0 Å². The lowest BCUT2D eigenvalue weighted by molar-refractivity contribution is 1.66. The van der Waals surface area contributed by atoms with E-state index in [1.165, 1.54) is 73.4 Å². The van der Waals surface area contributed by atoms with Crippen LogP contribution < -0.4 is 0 Å². The van der Waals surface area contributed by atoms with Crippen LogP contribution in [0.2, 0.25) is 0 Å². The summed E-state index contributed by atoms with van der Waals surface area (Å²) >= 11 is 3.84. The number of hydrogen-bond donors (Lipinski definition) is 0. The SMILES string of the molecule is c1ccc(-c2c3ccccc3c(-c3ccc4c(c3)sc3sc5ccccc5c34)c3ccccc23)cc1. The van der Waals surface area contributed by atoms with Crippen molar-refractivity contribution < 1.29 is 0 Å². The first-order valence-corrected chi connectivity index (χ1v) is 13.8. The second-order valence-corrected chi connectivity index (χ2v) is 11.6. The topological polar surface area (TPSA) is 0 Å². The minimum Gasteiger partial charge on any atom is -0.124 e. The molecule has 0 aliphatic carbocycles. The lowest BCUT2D eigenvalue weighted by atomic mass is 9.86. The van der Waals surface area contributed by atoms with Crippen LogP contribution in [0.3, 0.4) is 0 Å². The van der Waals surface area contributed by atoms with Crippen LogP contribution in [0.1, 0.15) is 0 Å². The Kier molecular flexibility index (Phi) is 4.36. The van der Waals surface area contributed by atoms with Crippen LogP contribution in [0.5, 0.6) is 0 Å². The third-order valence-corrected chi connectivity index (χ3v) is 9.71. The van der Waals surface area contributed by atoms with E-state index in [4.69, 9.17) is 0 Å². The van der Waals surface area contributed by atoms with Crippen molar-refractivity contribution in [3.05, 3.63) is 121 Å². The maximum absolute atomic E-state index is 2.41. The van der Waals surface area contributed by atoms with Gasteiger partial charge in [-0.05, 0) is 55.9 Å². The Morgan fingerprint density at radius 1 is 0.361 bits per heavy atom. The largest absolute Gasteiger partial charge is 0.124 e. The first kappa shape index (κ1) is 20.2. The van der Waals surface area contributed by atoms with Crippen molar-refractivity contribution in [1.29, 1.82) is 0 Å². The summed E-state index contributed by atoms with van der Waals surface area (Å²) in [5, 5.41) is 9.37. The average molecular weight is 493 g/mol. The molecular formula is C34H20S2. The molecule has 0 spiro atoms. The van der Waals surface area contributed by atoms with Crippen LogP contribution in [0.25, 0.3) is 73.4 Å². The third-order valence-electron chi connectivity index (χ3n) is 7.30. The van der Waals surface area contributed by atoms with E-state index >= 15 is 0 Å². The summed E-state index contributed by atoms with van der Waals surface area (Å²) in [6.45, 7) is 0. The molecule has 0 radical (unpaired) electrons. The molecule has 168 valence electrons. The van der Waals surface area contributed by atoms with Gasteiger partial charge in [0.25, 0.3) is 0 Å². The second kappa shape index (κ2) is 7.76. The molecule has 0 aliphatic rings. The quantitative estimate of drug-likeness (QED) is 0.211. The maximum Gasteiger partial charge on any atom is 0.0890 e. The first-order chi connectivity index (χ1) is 17.9. The van der Waals surface area contributed by atoms with Gasteiger partial charge >= 0.3 is 0 Å². The molecule has 0 N–H and O–H groups in total. The fourth-order valence-electron chi connectivity index (χ4n) is 5.77. The molecule has 2 aromatic heterocycles. The molecule has 6 aromatic carbocycles. The van der Waals surface area contributed by atoms with Gasteiger partial charge in [-0.15, -0.1) is 22.7 Å². The highest BCUT2D eigenvalue weighted by atomic mass is 32.2. The van der Waals surface area contributed by atoms with Crippen LogP contribution in [0.4, 0.5) is 0 Å². The molecular weight excluding hydrogens is 473 g/mol. The molecule has 36 heavy (non-hydrogen) atoms. The van der Waals surface area contributed by atoms with Crippen molar-refractivity contribution in [2.24, 2.45) is 0 Å². The van der Waals surface area contributed by atoms with Crippen LogP contribution in [-0.4, -0.2) is 0 Å². The summed E-state index contributed by atoms with van der Waals surface area (Å²) in [6.07, 6.45) is 0. The molecule has 0 fully saturated rings. The number of benzene rings is 6. The van der Waals surface area contributed by atoms with Crippen molar-refractivity contribution in [1.82, 2.24) is 0 Å². The molecule has 2 heterocycles. The zero-order valence-electron chi connectivity index (χ0n) is 19.4. The fraction of sp³-hybridized carbons (Fsp3) is 0. The van der Waals surface area contributed by atoms with E-state index in [1.54, 1.807) is 0 Å². The van der Waals surface area contributed by atoms with Gasteiger partial charge in [0.05, 0.1) is 4.01 Å². The molecule has 0 saturated carbocycles. The van der Waals surface area contributed by atoms with Crippen molar-refractivity contribution >= 4 is 73.8 Å². The summed E-state index contributed by atoms with van der Waals surface area (Å²) in [7, 11) is 0. The highest BCUT2D eigenvalue weighted by Crippen LogP contribution is 2.47. The summed E-state index contributed by atoms with van der Waals surface area (Å²) in [4.78, 5) is 0. The summed E-state index contributed by atoms with van der Waals surface area (Å²) in [5.41, 5.74) is 5.18. The van der Waals surface area contributed by atoms with Crippen LogP contribution >= 0.6 is 22.7 Å². The molecule has 2 heteroatoms. The Hall–Kier alpha value is -3.98. The van der Waals surface area contributed by atoms with Gasteiger partial charge < -0.3 is 0 Å². The average Bonchev–Trinajstić information content (AvgIpc) is 3.47. The van der Waals surface area contributed by atoms with E-state index in [0.29, 0.717) is 0 Å². The minimum absolute atomic E-state index is 1.26. The summed E-state index contributed by atoms with van der Waals surface area (Å²) < 4.78 is 4.15. The number of fused-ring (bicyclic) bond motifs is 7. The zero-order chi connectivity index (χ0) is 23.6. The maximum atomic E-state index is 2.41. The fourth-order valence-corrected chi connectivity index (χ4v) is 8.42. The molecule has 0 amide bonds. The molecule has 8 aromatic rings. The molecule has 0 unspecified atom stereocenters. The van der Waals surface area contributed by atoms with Gasteiger partial charge in [0, 0.05) is 25.6 Å². The van der Waals surface area contributed by atoms with Gasteiger partial charge in [-0.2, -0.15) is 0 Å². The van der Waals surface area contributed by atoms with Gasteiger partial charge in [-0.1, -0.05) is 109 Å². The Morgan fingerprint density at radius 3 is 1.53 bits per heavy atom. The third kappa shape index (κ3) is 2.86. The lowest BCUT2D eigenvalue weighted by Crippen LogP contribution is -1.90. The van der Waals surface area contributed by atoms with Crippen LogP contribution in [-0.2, 0) is 0 Å². The van der Waals surface area contributed by atoms with Gasteiger partial charge in [0.2, 0.25) is 0 Å². The van der Waals surface area contributed by atoms with E-state index in [9.17, 15) is 0 Å². The van der Waals surface area contributed by atoms with Crippen molar-refractivity contribution in [3.8, 4) is 22.3 Å². The Labute approximate surface area is 216 Å². The Morgan fingerprint density at radius 2 is 0.861 bits per heavy atom. The van der Waals surface area contributed by atoms with E-state index in [-0.39, 0.29) is 0 Å². The lowest BCUT2D eigenvalue weighted by Gasteiger charge is -2.17. The van der Waals surface area contributed by atoms with Crippen LogP contribution in [0.15, 0.2) is 121 Å². The number of hydrogen-bond acceptors (Lipinski definition) is 2. The highest BCUT2D eigenvalue weighted by molar-refractivity contribution is 7.44. The highest BCUT2D eigenvalue weighted by Gasteiger charge is 2.18. The van der Waals surface area contributed by atoms with Crippen molar-refractivity contribution in [3.63, 3.8) is 0 Å². The van der Waals surface area contributed by atoms with Gasteiger partial charge in [0.15, 0.2) is 0 Å². The Bertz CT molecular complexity index is 2030. The molecule has 0 bridgehead atoms. The second-order valence-electron chi connectivity index (χ2n) is 9.28. The van der Waals surface area contributed by atoms with Gasteiger partial charge in [-0.3, -0.25) is 0 Å². The normalized spacial score (nSPS) is 11.9. The Balaban J connectivity index is 1.47. The smallest absolute Gasteiger partial charge is 0.0890 e. The molecule has 0 nitrogen and oxygen atoms in total. The van der Waals surface area contributed by atoms with E-state index in [1.807, 2.05) is 22.7 Å². The van der Waals surface area contributed by atoms with Crippen molar-refractivity contribution in [2.45, 2.75) is 0 Å². The summed E-state index contributed by atoms with van der Waals surface area (Å²) in [5.74, 6) is 0. The molecule has 0 aliphatic heterocycles. The molecule has 0 saturated heterocycles. The zero-order valence-corrected chi connectivity index (χ0v) is 21.0. The van der Waals surface area contributed by atoms with E-state index in [2.05, 4.69) is 121 Å². The van der Waals surface area contributed by atoms with Gasteiger partial charge in [-0.25, -0.2) is 0 Å². The number of rotatable bonds is 2. The summed E-state index contributed by atoms with van der Waals surface area (Å²) in [6, 6.07) is 44.5. The predicted octanol–water partition coefficient (Wildman–Crippen LogP) is 10.9. The minimum atomic E-state index is 1.26. The molecule has 0 atom stereocenters. The first-order valence-electron chi connectivity index (χ1n) is 12.2. The molecule has 8 rings (SSSR count). The predicted molar refractivity (Wildman–Crippen MR) is 161 cm³/mol. The monoisotopic (exact) mass is 492 g/mol. The van der Waals surface area contributed by atoms with Crippen LogP contribution in [0, 0.1) is 0 Å². The number of thiophene rings is 2.